The van der Waals surface area contributed by atoms with E-state index in [0.29, 0.717) is 11.5 Å². The molecule has 6 heteroatoms. The van der Waals surface area contributed by atoms with Crippen molar-refractivity contribution in [1.82, 2.24) is 0 Å². The molecule has 1 radical (unpaired) electrons. The van der Waals surface area contributed by atoms with E-state index in [0.717, 1.165) is 63.3 Å². The molecule has 0 aliphatic heterocycles. The number of hydrogen-bond donors (Lipinski definition) is 0. The highest BCUT2D eigenvalue weighted by molar-refractivity contribution is 5.97. The highest BCUT2D eigenvalue weighted by atomic mass is 19.4. The summed E-state index contributed by atoms with van der Waals surface area (Å²) in [4.78, 5) is 14.3. The van der Waals surface area contributed by atoms with Crippen LogP contribution in [-0.4, -0.2) is 6.41 Å². The van der Waals surface area contributed by atoms with Crippen molar-refractivity contribution in [2.75, 3.05) is 4.90 Å². The summed E-state index contributed by atoms with van der Waals surface area (Å²) in [7, 11) is 0. The molecule has 0 saturated carbocycles. The maximum Gasteiger partial charge on any atom is 0.416 e. The Balaban J connectivity index is 1.87. The van der Waals surface area contributed by atoms with Gasteiger partial charge < -0.3 is 4.74 Å². The minimum atomic E-state index is -4.41. The molecule has 4 rings (SSSR count). The molecule has 0 unspecified atom stereocenters. The number of carbonyl (C=O) groups excluding carboxylic acids is 1. The standard InChI is InChI=1S/C34H33F3NO2/c1-21(2)25-18-30(22(3)4)33(31(19-25)38(20-39)27-10-8-7-9-11-27)32-23(5)16-29(17-24(32)6)40-28-14-12-26(13-15-28)34(35,36)37/h7-17,19-22H,1-6H3. The number of alkyl halides is 3. The number of amides is 1. The highest BCUT2D eigenvalue weighted by Crippen LogP contribution is 2.45. The third-order valence-electron chi connectivity index (χ3n) is 6.87. The molecule has 0 atom stereocenters. The summed E-state index contributed by atoms with van der Waals surface area (Å²) in [5.41, 5.74) is 6.54. The fourth-order valence-electron chi connectivity index (χ4n) is 4.88. The van der Waals surface area contributed by atoms with Crippen LogP contribution in [0.5, 0.6) is 11.5 Å². The van der Waals surface area contributed by atoms with Gasteiger partial charge in [0.05, 0.1) is 11.3 Å². The van der Waals surface area contributed by atoms with E-state index in [1.807, 2.05) is 62.4 Å². The van der Waals surface area contributed by atoms with Gasteiger partial charge in [-0.3, -0.25) is 9.69 Å². The summed E-state index contributed by atoms with van der Waals surface area (Å²) in [5.74, 6) is 1.16. The summed E-state index contributed by atoms with van der Waals surface area (Å²) >= 11 is 0. The molecule has 0 aliphatic carbocycles. The van der Waals surface area contributed by atoms with E-state index in [-0.39, 0.29) is 11.8 Å². The van der Waals surface area contributed by atoms with Crippen molar-refractivity contribution in [3.63, 3.8) is 0 Å². The molecule has 0 fully saturated rings. The van der Waals surface area contributed by atoms with Crippen LogP contribution in [0.15, 0.2) is 72.8 Å². The average Bonchev–Trinajstić information content (AvgIpc) is 2.89. The zero-order chi connectivity index (χ0) is 29.2. The Bertz CT molecular complexity index is 1470. The lowest BCUT2D eigenvalue weighted by Crippen LogP contribution is -2.17. The number of ether oxygens (including phenoxy) is 1. The summed E-state index contributed by atoms with van der Waals surface area (Å²) in [6.45, 7) is 12.4. The lowest BCUT2D eigenvalue weighted by atomic mass is 9.83. The fraction of sp³-hybridized carbons (Fsp3) is 0.265. The molecular weight excluding hydrogens is 511 g/mol. The number of aryl methyl sites for hydroxylation is 2. The third kappa shape index (κ3) is 6.06. The summed E-state index contributed by atoms with van der Waals surface area (Å²) in [5, 5.41) is 0. The van der Waals surface area contributed by atoms with Crippen LogP contribution in [0.2, 0.25) is 0 Å². The van der Waals surface area contributed by atoms with Gasteiger partial charge in [-0.25, -0.2) is 0 Å². The minimum Gasteiger partial charge on any atom is -0.457 e. The van der Waals surface area contributed by atoms with Crippen molar-refractivity contribution in [3.8, 4) is 22.6 Å². The molecule has 207 valence electrons. The monoisotopic (exact) mass is 544 g/mol. The van der Waals surface area contributed by atoms with E-state index in [9.17, 15) is 18.0 Å². The van der Waals surface area contributed by atoms with Gasteiger partial charge in [0, 0.05) is 11.3 Å². The van der Waals surface area contributed by atoms with E-state index in [2.05, 4.69) is 33.8 Å². The largest absolute Gasteiger partial charge is 0.457 e. The van der Waals surface area contributed by atoms with Crippen LogP contribution < -0.4 is 9.64 Å². The maximum atomic E-state index is 13.0. The van der Waals surface area contributed by atoms with Gasteiger partial charge in [0.2, 0.25) is 6.41 Å². The molecule has 0 spiro atoms. The van der Waals surface area contributed by atoms with Crippen LogP contribution in [0, 0.1) is 19.9 Å². The Kier molecular flexibility index (Phi) is 8.38. The number of para-hydroxylation sites is 1. The second-order valence-electron chi connectivity index (χ2n) is 10.6. The number of anilines is 2. The van der Waals surface area contributed by atoms with Crippen LogP contribution in [0.4, 0.5) is 24.5 Å². The van der Waals surface area contributed by atoms with Crippen molar-refractivity contribution in [2.24, 2.45) is 0 Å². The summed E-state index contributed by atoms with van der Waals surface area (Å²) in [6, 6.07) is 23.6. The van der Waals surface area contributed by atoms with E-state index in [1.54, 1.807) is 4.90 Å². The van der Waals surface area contributed by atoms with Gasteiger partial charge in [-0.05, 0) is 114 Å². The van der Waals surface area contributed by atoms with E-state index in [4.69, 9.17) is 4.74 Å². The molecule has 0 bridgehead atoms. The van der Waals surface area contributed by atoms with Gasteiger partial charge in [-0.15, -0.1) is 0 Å². The first kappa shape index (κ1) is 28.9. The molecule has 4 aromatic rings. The predicted octanol–water partition coefficient (Wildman–Crippen LogP) is 10.1. The number of carbonyl (C=O) groups is 1. The summed E-state index contributed by atoms with van der Waals surface area (Å²) < 4.78 is 44.9. The van der Waals surface area contributed by atoms with E-state index < -0.39 is 11.7 Å². The SMILES string of the molecule is Cc1cc(Oc2ccc(C(F)(F)F)cc2)cc(C)c1-c1c(C(C)C)[c]c(C(C)C)cc1N(C=O)c1ccccc1. The molecular formula is C34H33F3NO2. The van der Waals surface area contributed by atoms with Gasteiger partial charge in [0.1, 0.15) is 11.5 Å². The summed E-state index contributed by atoms with van der Waals surface area (Å²) in [6.07, 6.45) is -3.56. The zero-order valence-corrected chi connectivity index (χ0v) is 23.6. The lowest BCUT2D eigenvalue weighted by molar-refractivity contribution is -0.137. The Morgan fingerprint density at radius 2 is 1.40 bits per heavy atom. The number of benzene rings is 4. The average molecular weight is 545 g/mol. The van der Waals surface area contributed by atoms with Crippen LogP contribution >= 0.6 is 0 Å². The second-order valence-corrected chi connectivity index (χ2v) is 10.6. The quantitative estimate of drug-likeness (QED) is 0.207. The van der Waals surface area contributed by atoms with Crippen molar-refractivity contribution < 1.29 is 22.7 Å². The smallest absolute Gasteiger partial charge is 0.416 e. The van der Waals surface area contributed by atoms with Gasteiger partial charge >= 0.3 is 6.18 Å². The first-order valence-corrected chi connectivity index (χ1v) is 13.3. The molecule has 0 aromatic heterocycles. The van der Waals surface area contributed by atoms with Crippen LogP contribution in [-0.2, 0) is 11.0 Å². The number of nitrogens with zero attached hydrogens (tertiary/aromatic N) is 1. The van der Waals surface area contributed by atoms with Crippen LogP contribution in [0.3, 0.4) is 0 Å². The number of halogens is 3. The molecule has 0 aliphatic rings. The Labute approximate surface area is 234 Å². The Morgan fingerprint density at radius 1 is 0.800 bits per heavy atom. The van der Waals surface area contributed by atoms with Gasteiger partial charge in [-0.1, -0.05) is 45.9 Å². The lowest BCUT2D eigenvalue weighted by Gasteiger charge is -2.28. The zero-order valence-electron chi connectivity index (χ0n) is 23.6. The Hall–Kier alpha value is -4.06. The molecule has 3 nitrogen and oxygen atoms in total. The minimum absolute atomic E-state index is 0.124. The van der Waals surface area contributed by atoms with Gasteiger partial charge in [0.25, 0.3) is 0 Å². The first-order valence-electron chi connectivity index (χ1n) is 13.3. The van der Waals surface area contributed by atoms with Crippen molar-refractivity contribution in [3.05, 3.63) is 107 Å². The van der Waals surface area contributed by atoms with Crippen molar-refractivity contribution in [2.45, 2.75) is 59.6 Å². The van der Waals surface area contributed by atoms with Crippen LogP contribution in [0.25, 0.3) is 11.1 Å². The van der Waals surface area contributed by atoms with Crippen molar-refractivity contribution in [1.29, 1.82) is 0 Å². The molecule has 0 heterocycles. The Morgan fingerprint density at radius 3 is 1.90 bits per heavy atom. The van der Waals surface area contributed by atoms with Gasteiger partial charge in [0.15, 0.2) is 0 Å². The fourth-order valence-corrected chi connectivity index (χ4v) is 4.88. The van der Waals surface area contributed by atoms with Gasteiger partial charge in [-0.2, -0.15) is 13.2 Å². The highest BCUT2D eigenvalue weighted by Gasteiger charge is 2.30. The van der Waals surface area contributed by atoms with E-state index in [1.165, 1.54) is 12.1 Å². The number of rotatable bonds is 8. The van der Waals surface area contributed by atoms with E-state index >= 15 is 0 Å². The number of hydrogen-bond acceptors (Lipinski definition) is 2. The normalized spacial score (nSPS) is 11.7. The van der Waals surface area contributed by atoms with Crippen molar-refractivity contribution >= 4 is 17.8 Å². The third-order valence-corrected chi connectivity index (χ3v) is 6.87. The molecule has 0 N–H and O–H groups in total. The topological polar surface area (TPSA) is 29.5 Å². The van der Waals surface area contributed by atoms with Crippen LogP contribution in [0.1, 0.15) is 67.3 Å². The first-order chi connectivity index (χ1) is 18.9. The molecule has 4 aromatic carbocycles. The molecule has 40 heavy (non-hydrogen) atoms. The second kappa shape index (κ2) is 11.6. The molecule has 1 amide bonds. The maximum absolute atomic E-state index is 13.0. The predicted molar refractivity (Wildman–Crippen MR) is 155 cm³/mol. The molecule has 0 saturated heterocycles.